The first kappa shape index (κ1) is 30.9. The minimum atomic E-state index is -4.15. The molecule has 9 nitrogen and oxygen atoms in total. The Morgan fingerprint density at radius 2 is 1.64 bits per heavy atom. The second-order valence-corrected chi connectivity index (χ2v) is 12.2. The highest BCUT2D eigenvalue weighted by Gasteiger charge is 2.33. The van der Waals surface area contributed by atoms with Gasteiger partial charge in [0.2, 0.25) is 11.8 Å². The van der Waals surface area contributed by atoms with Crippen molar-refractivity contribution in [2.24, 2.45) is 0 Å². The number of para-hydroxylation sites is 1. The lowest BCUT2D eigenvalue weighted by Gasteiger charge is -2.32. The molecule has 3 aromatic rings. The van der Waals surface area contributed by atoms with E-state index in [0.29, 0.717) is 23.8 Å². The van der Waals surface area contributed by atoms with Crippen LogP contribution in [0.5, 0.6) is 11.5 Å². The molecule has 0 aromatic heterocycles. The van der Waals surface area contributed by atoms with Crippen LogP contribution in [0.15, 0.2) is 83.8 Å². The lowest BCUT2D eigenvalue weighted by Crippen LogP contribution is -2.52. The van der Waals surface area contributed by atoms with Gasteiger partial charge in [0.25, 0.3) is 10.0 Å². The number of ether oxygens (including phenoxy) is 2. The SMILES string of the molecule is CCOc1ccc(S(=O)(=O)N(CC(=O)N(Cc2cccc(OC)c2)[C@H](C)C(=O)NC2CCCC2)c2ccccc2)cc1. The van der Waals surface area contributed by atoms with E-state index in [1.807, 2.05) is 19.1 Å². The molecule has 0 unspecified atom stereocenters. The number of anilines is 1. The van der Waals surface area contributed by atoms with E-state index in [9.17, 15) is 18.0 Å². The summed E-state index contributed by atoms with van der Waals surface area (Å²) in [5.41, 5.74) is 1.09. The molecule has 0 bridgehead atoms. The molecule has 0 saturated heterocycles. The number of carbonyl (C=O) groups excluding carboxylic acids is 2. The second-order valence-electron chi connectivity index (χ2n) is 10.3. The molecule has 4 rings (SSSR count). The fourth-order valence-corrected chi connectivity index (χ4v) is 6.48. The van der Waals surface area contributed by atoms with Gasteiger partial charge in [-0.25, -0.2) is 8.42 Å². The Balaban J connectivity index is 1.66. The van der Waals surface area contributed by atoms with E-state index in [1.165, 1.54) is 17.0 Å². The summed E-state index contributed by atoms with van der Waals surface area (Å²) in [4.78, 5) is 28.9. The normalized spacial score (nSPS) is 14.2. The molecular formula is C32H39N3O6S. The van der Waals surface area contributed by atoms with Crippen LogP contribution in [0, 0.1) is 0 Å². The Kier molecular flexibility index (Phi) is 10.5. The van der Waals surface area contributed by atoms with Gasteiger partial charge in [-0.05, 0) is 80.8 Å². The third kappa shape index (κ3) is 7.61. The van der Waals surface area contributed by atoms with Gasteiger partial charge in [-0.1, -0.05) is 43.2 Å². The molecule has 0 aliphatic heterocycles. The highest BCUT2D eigenvalue weighted by Crippen LogP contribution is 2.26. The van der Waals surface area contributed by atoms with Crippen molar-refractivity contribution >= 4 is 27.5 Å². The van der Waals surface area contributed by atoms with Crippen LogP contribution >= 0.6 is 0 Å². The number of methoxy groups -OCH3 is 1. The smallest absolute Gasteiger partial charge is 0.264 e. The number of nitrogens with zero attached hydrogens (tertiary/aromatic N) is 2. The first-order valence-corrected chi connectivity index (χ1v) is 15.7. The summed E-state index contributed by atoms with van der Waals surface area (Å²) in [5, 5.41) is 3.08. The van der Waals surface area contributed by atoms with Crippen molar-refractivity contribution in [1.29, 1.82) is 0 Å². The van der Waals surface area contributed by atoms with E-state index in [-0.39, 0.29) is 23.4 Å². The highest BCUT2D eigenvalue weighted by molar-refractivity contribution is 7.92. The molecule has 1 aliphatic carbocycles. The molecule has 0 spiro atoms. The maximum absolute atomic E-state index is 14.1. The predicted molar refractivity (Wildman–Crippen MR) is 162 cm³/mol. The first-order valence-electron chi connectivity index (χ1n) is 14.3. The van der Waals surface area contributed by atoms with Gasteiger partial charge in [-0.2, -0.15) is 0 Å². The largest absolute Gasteiger partial charge is 0.497 e. The zero-order valence-electron chi connectivity index (χ0n) is 24.4. The first-order chi connectivity index (χ1) is 20.2. The van der Waals surface area contributed by atoms with Crippen LogP contribution in [0.2, 0.25) is 0 Å². The van der Waals surface area contributed by atoms with Crippen LogP contribution in [0.3, 0.4) is 0 Å². The Labute approximate surface area is 248 Å². The lowest BCUT2D eigenvalue weighted by atomic mass is 10.1. The summed E-state index contributed by atoms with van der Waals surface area (Å²) in [6.45, 7) is 3.58. The molecule has 1 atom stereocenters. The summed E-state index contributed by atoms with van der Waals surface area (Å²) in [5.74, 6) is 0.390. The minimum Gasteiger partial charge on any atom is -0.497 e. The van der Waals surface area contributed by atoms with Crippen molar-refractivity contribution in [3.63, 3.8) is 0 Å². The third-order valence-corrected chi connectivity index (χ3v) is 9.19. The molecule has 10 heteroatoms. The van der Waals surface area contributed by atoms with Gasteiger partial charge in [0.15, 0.2) is 0 Å². The van der Waals surface area contributed by atoms with Crippen LogP contribution in [0.25, 0.3) is 0 Å². The Hall–Kier alpha value is -4.05. The number of benzene rings is 3. The molecule has 42 heavy (non-hydrogen) atoms. The zero-order chi connectivity index (χ0) is 30.1. The molecule has 2 amide bonds. The van der Waals surface area contributed by atoms with Crippen LogP contribution in [-0.2, 0) is 26.2 Å². The molecule has 0 radical (unpaired) electrons. The van der Waals surface area contributed by atoms with Gasteiger partial charge < -0.3 is 19.7 Å². The maximum Gasteiger partial charge on any atom is 0.264 e. The number of hydrogen-bond acceptors (Lipinski definition) is 6. The van der Waals surface area contributed by atoms with E-state index in [1.54, 1.807) is 68.6 Å². The van der Waals surface area contributed by atoms with Crippen molar-refractivity contribution in [2.45, 2.75) is 63.1 Å². The topological polar surface area (TPSA) is 105 Å². The van der Waals surface area contributed by atoms with Crippen molar-refractivity contribution in [3.05, 3.63) is 84.4 Å². The summed E-state index contributed by atoms with van der Waals surface area (Å²) in [6, 6.07) is 21.1. The van der Waals surface area contributed by atoms with Crippen LogP contribution < -0.4 is 19.1 Å². The minimum absolute atomic E-state index is 0.0222. The van der Waals surface area contributed by atoms with Gasteiger partial charge in [0.05, 0.1) is 24.3 Å². The van der Waals surface area contributed by atoms with Gasteiger partial charge >= 0.3 is 0 Å². The summed E-state index contributed by atoms with van der Waals surface area (Å²) in [6.07, 6.45) is 3.93. The molecule has 1 N–H and O–H groups in total. The fraction of sp³-hybridized carbons (Fsp3) is 0.375. The predicted octanol–water partition coefficient (Wildman–Crippen LogP) is 4.77. The standard InChI is InChI=1S/C32H39N3O6S/c1-4-41-28-17-19-30(20-18-28)42(38,39)35(27-14-6-5-7-15-27)23-31(36)34(22-25-11-10-16-29(21-25)40-3)24(2)32(37)33-26-12-8-9-13-26/h5-7,10-11,14-21,24,26H,4,8-9,12-13,22-23H2,1-3H3,(H,33,37)/t24-/m1/s1. The van der Waals surface area contributed by atoms with E-state index in [2.05, 4.69) is 5.32 Å². The average molecular weight is 594 g/mol. The second kappa shape index (κ2) is 14.2. The quantitative estimate of drug-likeness (QED) is 0.306. The van der Waals surface area contributed by atoms with E-state index in [4.69, 9.17) is 9.47 Å². The van der Waals surface area contributed by atoms with Crippen molar-refractivity contribution < 1.29 is 27.5 Å². The van der Waals surface area contributed by atoms with Crippen molar-refractivity contribution in [1.82, 2.24) is 10.2 Å². The third-order valence-electron chi connectivity index (χ3n) is 7.40. The number of sulfonamides is 1. The van der Waals surface area contributed by atoms with Crippen molar-refractivity contribution in [3.8, 4) is 11.5 Å². The zero-order valence-corrected chi connectivity index (χ0v) is 25.2. The van der Waals surface area contributed by atoms with E-state index < -0.39 is 28.5 Å². The van der Waals surface area contributed by atoms with E-state index in [0.717, 1.165) is 35.6 Å². The number of rotatable bonds is 13. The van der Waals surface area contributed by atoms with Gasteiger partial charge in [0.1, 0.15) is 24.1 Å². The Morgan fingerprint density at radius 1 is 0.952 bits per heavy atom. The maximum atomic E-state index is 14.1. The summed E-state index contributed by atoms with van der Waals surface area (Å²) < 4.78 is 39.8. The number of carbonyl (C=O) groups is 2. The molecular weight excluding hydrogens is 554 g/mol. The molecule has 3 aromatic carbocycles. The molecule has 0 heterocycles. The average Bonchev–Trinajstić information content (AvgIpc) is 3.52. The van der Waals surface area contributed by atoms with Crippen LogP contribution in [0.4, 0.5) is 5.69 Å². The summed E-state index contributed by atoms with van der Waals surface area (Å²) in [7, 11) is -2.59. The molecule has 1 fully saturated rings. The Bertz CT molecular complexity index is 1440. The van der Waals surface area contributed by atoms with Crippen LogP contribution in [0.1, 0.15) is 45.1 Å². The summed E-state index contributed by atoms with van der Waals surface area (Å²) >= 11 is 0. The number of hydrogen-bond donors (Lipinski definition) is 1. The van der Waals surface area contributed by atoms with Gasteiger partial charge in [-0.3, -0.25) is 13.9 Å². The Morgan fingerprint density at radius 3 is 2.29 bits per heavy atom. The molecule has 1 aliphatic rings. The van der Waals surface area contributed by atoms with Gasteiger partial charge in [0, 0.05) is 12.6 Å². The molecule has 224 valence electrons. The number of nitrogens with one attached hydrogen (secondary N) is 1. The monoisotopic (exact) mass is 593 g/mol. The fourth-order valence-electron chi connectivity index (χ4n) is 5.07. The van der Waals surface area contributed by atoms with Gasteiger partial charge in [-0.15, -0.1) is 0 Å². The lowest BCUT2D eigenvalue weighted by molar-refractivity contribution is -0.139. The highest BCUT2D eigenvalue weighted by atomic mass is 32.2. The van der Waals surface area contributed by atoms with Crippen LogP contribution in [-0.4, -0.2) is 57.5 Å². The molecule has 1 saturated carbocycles. The van der Waals surface area contributed by atoms with E-state index >= 15 is 0 Å². The number of amides is 2. The van der Waals surface area contributed by atoms with Crippen molar-refractivity contribution in [2.75, 3.05) is 24.6 Å².